The van der Waals surface area contributed by atoms with Crippen molar-refractivity contribution in [3.63, 3.8) is 0 Å². The van der Waals surface area contributed by atoms with Crippen LogP contribution in [0.4, 0.5) is 0 Å². The van der Waals surface area contributed by atoms with Gasteiger partial charge in [0.1, 0.15) is 13.1 Å². The van der Waals surface area contributed by atoms with Gasteiger partial charge in [0.2, 0.25) is 10.0 Å². The van der Waals surface area contributed by atoms with Gasteiger partial charge in [0.15, 0.2) is 0 Å². The van der Waals surface area contributed by atoms with Gasteiger partial charge < -0.3 is 0 Å². The summed E-state index contributed by atoms with van der Waals surface area (Å²) in [4.78, 5) is 0. The molecule has 0 N–H and O–H groups in total. The maximum absolute atomic E-state index is 12.3. The van der Waals surface area contributed by atoms with E-state index in [0.29, 0.717) is 5.56 Å². The topological polar surface area (TPSA) is 85.0 Å². The largest absolute Gasteiger partial charge is 0.220 e. The molecule has 1 aromatic carbocycles. The molecular formula is C15H19N3O2S. The predicted molar refractivity (Wildman–Crippen MR) is 80.6 cm³/mol. The molecule has 0 radical (unpaired) electrons. The zero-order valence-corrected chi connectivity index (χ0v) is 13.3. The van der Waals surface area contributed by atoms with Gasteiger partial charge in [-0.3, -0.25) is 0 Å². The van der Waals surface area contributed by atoms with Gasteiger partial charge in [0.05, 0.1) is 17.9 Å². The third-order valence-electron chi connectivity index (χ3n) is 3.03. The van der Waals surface area contributed by atoms with E-state index in [0.717, 1.165) is 9.87 Å². The van der Waals surface area contributed by atoms with E-state index in [9.17, 15) is 8.42 Å². The molecule has 0 spiro atoms. The van der Waals surface area contributed by atoms with Gasteiger partial charge in [-0.15, -0.1) is 0 Å². The first kappa shape index (κ1) is 17.2. The van der Waals surface area contributed by atoms with Gasteiger partial charge in [-0.2, -0.15) is 14.8 Å². The van der Waals surface area contributed by atoms with Crippen molar-refractivity contribution in [2.24, 2.45) is 0 Å². The Morgan fingerprint density at radius 3 is 2.19 bits per heavy atom. The summed E-state index contributed by atoms with van der Waals surface area (Å²) in [6.45, 7) is 5.54. The van der Waals surface area contributed by atoms with Gasteiger partial charge in [-0.25, -0.2) is 8.42 Å². The lowest BCUT2D eigenvalue weighted by molar-refractivity contribution is 0.478. The van der Waals surface area contributed by atoms with Crippen molar-refractivity contribution in [2.45, 2.75) is 31.9 Å². The molecule has 6 heteroatoms. The van der Waals surface area contributed by atoms with Gasteiger partial charge in [-0.1, -0.05) is 45.0 Å². The average Bonchev–Trinajstić information content (AvgIpc) is 2.37. The van der Waals surface area contributed by atoms with Crippen LogP contribution >= 0.6 is 0 Å². The fourth-order valence-electron chi connectivity index (χ4n) is 1.84. The van der Waals surface area contributed by atoms with Gasteiger partial charge in [0, 0.05) is 0 Å². The zero-order valence-electron chi connectivity index (χ0n) is 12.5. The molecule has 1 rings (SSSR count). The van der Waals surface area contributed by atoms with E-state index >= 15 is 0 Å². The van der Waals surface area contributed by atoms with Crippen molar-refractivity contribution in [1.29, 1.82) is 10.5 Å². The predicted octanol–water partition coefficient (Wildman–Crippen LogP) is 2.16. The molecule has 0 saturated carbocycles. The molecule has 0 aromatic heterocycles. The quantitative estimate of drug-likeness (QED) is 0.780. The Balaban J connectivity index is 3.04. The number of rotatable bonds is 5. The third kappa shape index (κ3) is 4.86. The zero-order chi connectivity index (χ0) is 16.1. The lowest BCUT2D eigenvalue weighted by atomic mass is 9.86. The molecule has 0 heterocycles. The SMILES string of the molecule is CC(C)(C)c1cccc(CS(=O)(=O)N(CC#N)CC#N)c1. The van der Waals surface area contributed by atoms with Crippen molar-refractivity contribution >= 4 is 10.0 Å². The van der Waals surface area contributed by atoms with E-state index in [1.165, 1.54) is 0 Å². The summed E-state index contributed by atoms with van der Waals surface area (Å²) in [6.07, 6.45) is 0. The number of hydrogen-bond acceptors (Lipinski definition) is 4. The standard InChI is InChI=1S/C15H19N3O2S/c1-15(2,3)14-6-4-5-13(11-14)12-21(19,20)18(9-7-16)10-8-17/h4-6,11H,9-10,12H2,1-3H3. The summed E-state index contributed by atoms with van der Waals surface area (Å²) >= 11 is 0. The number of benzene rings is 1. The van der Waals surface area contributed by atoms with Crippen LogP contribution in [0.5, 0.6) is 0 Å². The molecule has 0 aliphatic heterocycles. The molecule has 0 amide bonds. The molecule has 0 bridgehead atoms. The summed E-state index contributed by atoms with van der Waals surface area (Å²) in [5.74, 6) is -0.208. The first-order valence-electron chi connectivity index (χ1n) is 6.52. The Morgan fingerprint density at radius 2 is 1.71 bits per heavy atom. The van der Waals surface area contributed by atoms with Crippen molar-refractivity contribution in [3.05, 3.63) is 35.4 Å². The van der Waals surface area contributed by atoms with Crippen LogP contribution in [-0.2, 0) is 21.2 Å². The molecule has 0 atom stereocenters. The minimum absolute atomic E-state index is 0.0707. The second-order valence-electron chi connectivity index (χ2n) is 5.79. The van der Waals surface area contributed by atoms with Crippen LogP contribution in [0, 0.1) is 22.7 Å². The van der Waals surface area contributed by atoms with Crippen LogP contribution in [0.25, 0.3) is 0 Å². The van der Waals surface area contributed by atoms with Gasteiger partial charge in [0.25, 0.3) is 0 Å². The minimum Gasteiger partial charge on any atom is -0.212 e. The summed E-state index contributed by atoms with van der Waals surface area (Å²) in [7, 11) is -3.67. The number of hydrogen-bond donors (Lipinski definition) is 0. The number of sulfonamides is 1. The average molecular weight is 305 g/mol. The Hall–Kier alpha value is -1.89. The van der Waals surface area contributed by atoms with Crippen LogP contribution < -0.4 is 0 Å². The van der Waals surface area contributed by atoms with E-state index in [-0.39, 0.29) is 24.3 Å². The fourth-order valence-corrected chi connectivity index (χ4v) is 3.13. The molecule has 5 nitrogen and oxygen atoms in total. The Morgan fingerprint density at radius 1 is 1.14 bits per heavy atom. The molecule has 112 valence electrons. The number of nitriles is 2. The summed E-state index contributed by atoms with van der Waals surface area (Å²) in [5.41, 5.74) is 1.63. The van der Waals surface area contributed by atoms with Gasteiger partial charge >= 0.3 is 0 Å². The van der Waals surface area contributed by atoms with Crippen LogP contribution in [0.2, 0.25) is 0 Å². The Labute approximate surface area is 126 Å². The highest BCUT2D eigenvalue weighted by molar-refractivity contribution is 7.88. The first-order chi connectivity index (χ1) is 9.70. The van der Waals surface area contributed by atoms with Crippen molar-refractivity contribution in [2.75, 3.05) is 13.1 Å². The third-order valence-corrected chi connectivity index (χ3v) is 4.77. The molecule has 0 fully saturated rings. The minimum atomic E-state index is -3.67. The van der Waals surface area contributed by atoms with Crippen LogP contribution in [-0.4, -0.2) is 25.8 Å². The van der Waals surface area contributed by atoms with E-state index in [1.54, 1.807) is 18.2 Å². The fraction of sp³-hybridized carbons (Fsp3) is 0.467. The molecule has 0 saturated heterocycles. The normalized spacial score (nSPS) is 11.9. The maximum Gasteiger partial charge on any atom is 0.220 e. The van der Waals surface area contributed by atoms with E-state index in [1.807, 2.05) is 18.2 Å². The maximum atomic E-state index is 12.3. The highest BCUT2D eigenvalue weighted by atomic mass is 32.2. The molecule has 1 aromatic rings. The monoisotopic (exact) mass is 305 g/mol. The first-order valence-corrected chi connectivity index (χ1v) is 8.13. The lowest BCUT2D eigenvalue weighted by Crippen LogP contribution is -2.33. The van der Waals surface area contributed by atoms with E-state index in [2.05, 4.69) is 20.8 Å². The summed E-state index contributed by atoms with van der Waals surface area (Å²) in [6, 6.07) is 10.9. The van der Waals surface area contributed by atoms with E-state index in [4.69, 9.17) is 10.5 Å². The van der Waals surface area contributed by atoms with Crippen LogP contribution in [0.3, 0.4) is 0 Å². The second kappa shape index (κ2) is 6.71. The lowest BCUT2D eigenvalue weighted by Gasteiger charge is -2.20. The summed E-state index contributed by atoms with van der Waals surface area (Å²) < 4.78 is 25.4. The van der Waals surface area contributed by atoms with Crippen LogP contribution in [0.15, 0.2) is 24.3 Å². The highest BCUT2D eigenvalue weighted by Crippen LogP contribution is 2.23. The van der Waals surface area contributed by atoms with Crippen molar-refractivity contribution < 1.29 is 8.42 Å². The smallest absolute Gasteiger partial charge is 0.212 e. The molecular weight excluding hydrogens is 286 g/mol. The summed E-state index contributed by atoms with van der Waals surface area (Å²) in [5, 5.41) is 17.4. The second-order valence-corrected chi connectivity index (χ2v) is 7.76. The van der Waals surface area contributed by atoms with Crippen molar-refractivity contribution in [1.82, 2.24) is 4.31 Å². The van der Waals surface area contributed by atoms with E-state index < -0.39 is 10.0 Å². The molecule has 21 heavy (non-hydrogen) atoms. The molecule has 0 aliphatic rings. The number of nitrogens with zero attached hydrogens (tertiary/aromatic N) is 3. The molecule has 0 unspecified atom stereocenters. The van der Waals surface area contributed by atoms with Crippen molar-refractivity contribution in [3.8, 4) is 12.1 Å². The van der Waals surface area contributed by atoms with Gasteiger partial charge in [-0.05, 0) is 16.5 Å². The Bertz CT molecular complexity index is 660. The van der Waals surface area contributed by atoms with Crippen LogP contribution in [0.1, 0.15) is 31.9 Å². The molecule has 0 aliphatic carbocycles. The Kier molecular flexibility index (Phi) is 5.48. The highest BCUT2D eigenvalue weighted by Gasteiger charge is 2.23.